The van der Waals surface area contributed by atoms with Gasteiger partial charge in [-0.2, -0.15) is 0 Å². The highest BCUT2D eigenvalue weighted by Crippen LogP contribution is 2.28. The molecule has 1 aliphatic rings. The second-order valence-electron chi connectivity index (χ2n) is 5.23. The highest BCUT2D eigenvalue weighted by molar-refractivity contribution is 9.10. The highest BCUT2D eigenvalue weighted by Gasteiger charge is 2.30. The molecular formula is C15H20BrN3O3. The van der Waals surface area contributed by atoms with Gasteiger partial charge in [-0.05, 0) is 47.5 Å². The van der Waals surface area contributed by atoms with E-state index in [1.54, 1.807) is 14.0 Å². The fourth-order valence-corrected chi connectivity index (χ4v) is 2.97. The van der Waals surface area contributed by atoms with E-state index in [0.717, 1.165) is 15.8 Å². The minimum atomic E-state index is -0.445. The second kappa shape index (κ2) is 7.11. The molecule has 120 valence electrons. The number of hydrogen-bond acceptors (Lipinski definition) is 4. The zero-order chi connectivity index (χ0) is 16.3. The van der Waals surface area contributed by atoms with Crippen LogP contribution in [0.25, 0.3) is 0 Å². The Hall–Kier alpha value is -1.60. The van der Waals surface area contributed by atoms with Crippen LogP contribution in [-0.4, -0.2) is 43.1 Å². The van der Waals surface area contributed by atoms with Gasteiger partial charge in [0.1, 0.15) is 5.75 Å². The van der Waals surface area contributed by atoms with Gasteiger partial charge in [-0.3, -0.25) is 15.0 Å². The number of imide groups is 1. The Morgan fingerprint density at radius 1 is 1.45 bits per heavy atom. The van der Waals surface area contributed by atoms with E-state index in [-0.39, 0.29) is 18.0 Å². The highest BCUT2D eigenvalue weighted by atomic mass is 79.9. The third kappa shape index (κ3) is 3.59. The van der Waals surface area contributed by atoms with Crippen molar-refractivity contribution in [2.24, 2.45) is 0 Å². The van der Waals surface area contributed by atoms with E-state index >= 15 is 0 Å². The molecule has 1 heterocycles. The number of nitrogens with one attached hydrogen (secondary N) is 2. The van der Waals surface area contributed by atoms with Crippen molar-refractivity contribution >= 4 is 27.9 Å². The number of carbonyl (C=O) groups excluding carboxylic acids is 2. The third-order valence-corrected chi connectivity index (χ3v) is 4.29. The number of benzene rings is 1. The number of nitrogens with zero attached hydrogens (tertiary/aromatic N) is 1. The van der Waals surface area contributed by atoms with Crippen molar-refractivity contribution in [3.8, 4) is 5.75 Å². The molecule has 22 heavy (non-hydrogen) atoms. The zero-order valence-electron chi connectivity index (χ0n) is 12.9. The molecule has 0 bridgehead atoms. The number of methoxy groups -OCH3 is 1. The number of amides is 3. The first-order valence-corrected chi connectivity index (χ1v) is 7.92. The summed E-state index contributed by atoms with van der Waals surface area (Å²) in [5, 5.41) is 5.85. The summed E-state index contributed by atoms with van der Waals surface area (Å²) >= 11 is 3.45. The van der Waals surface area contributed by atoms with Crippen molar-refractivity contribution in [1.29, 1.82) is 0 Å². The molecular weight excluding hydrogens is 350 g/mol. The Kier molecular flexibility index (Phi) is 5.42. The van der Waals surface area contributed by atoms with Gasteiger partial charge in [0.05, 0.1) is 17.6 Å². The van der Waals surface area contributed by atoms with Gasteiger partial charge >= 0.3 is 6.03 Å². The molecule has 0 spiro atoms. The molecule has 1 aromatic carbocycles. The lowest BCUT2D eigenvalue weighted by molar-refractivity contribution is -0.129. The van der Waals surface area contributed by atoms with Gasteiger partial charge in [0.15, 0.2) is 0 Å². The first kappa shape index (κ1) is 16.8. The average Bonchev–Trinajstić information content (AvgIpc) is 2.92. The molecule has 3 amide bonds. The quantitative estimate of drug-likeness (QED) is 0.833. The fraction of sp³-hybridized carbons (Fsp3) is 0.467. The number of rotatable bonds is 5. The average molecular weight is 370 g/mol. The van der Waals surface area contributed by atoms with Crippen LogP contribution in [0.2, 0.25) is 0 Å². The van der Waals surface area contributed by atoms with Crippen LogP contribution in [0, 0.1) is 0 Å². The molecule has 7 heteroatoms. The maximum Gasteiger partial charge on any atom is 0.324 e. The van der Waals surface area contributed by atoms with Gasteiger partial charge in [-0.25, -0.2) is 4.79 Å². The molecule has 0 aliphatic carbocycles. The summed E-state index contributed by atoms with van der Waals surface area (Å²) in [6, 6.07) is 4.97. The van der Waals surface area contributed by atoms with Crippen LogP contribution in [0.15, 0.2) is 22.7 Å². The Balaban J connectivity index is 2.01. The summed E-state index contributed by atoms with van der Waals surface area (Å²) in [5.74, 6) is 0.545. The van der Waals surface area contributed by atoms with E-state index in [4.69, 9.17) is 4.74 Å². The molecule has 2 rings (SSSR count). The summed E-state index contributed by atoms with van der Waals surface area (Å²) in [7, 11) is 1.61. The lowest BCUT2D eigenvalue weighted by Gasteiger charge is -2.23. The van der Waals surface area contributed by atoms with Crippen molar-refractivity contribution in [2.75, 3.05) is 20.2 Å². The molecule has 0 aromatic heterocycles. The molecule has 0 radical (unpaired) electrons. The monoisotopic (exact) mass is 369 g/mol. The number of hydrogen-bond donors (Lipinski definition) is 2. The third-order valence-electron chi connectivity index (χ3n) is 3.67. The summed E-state index contributed by atoms with van der Waals surface area (Å²) in [6.07, 6.45) is 0. The number of ether oxygens (including phenoxy) is 1. The molecule has 1 saturated heterocycles. The molecule has 0 saturated carbocycles. The standard InChI is InChI=1S/C15H20BrN3O3/c1-9(11-4-5-13(22-3)12(16)8-11)18-10(2)14(20)19-7-6-17-15(19)21/h4-5,8-10,18H,6-7H2,1-3H3,(H,17,21)/t9-,10+/m1/s1. The van der Waals surface area contributed by atoms with E-state index in [1.807, 2.05) is 25.1 Å². The largest absolute Gasteiger partial charge is 0.496 e. The minimum absolute atomic E-state index is 0.0354. The van der Waals surface area contributed by atoms with Gasteiger partial charge in [-0.1, -0.05) is 6.07 Å². The summed E-state index contributed by atoms with van der Waals surface area (Å²) in [5.41, 5.74) is 1.03. The van der Waals surface area contributed by atoms with Crippen LogP contribution in [0.3, 0.4) is 0 Å². The predicted octanol–water partition coefficient (Wildman–Crippen LogP) is 2.05. The zero-order valence-corrected chi connectivity index (χ0v) is 14.4. The molecule has 2 atom stereocenters. The molecule has 0 unspecified atom stereocenters. The fourth-order valence-electron chi connectivity index (χ4n) is 2.41. The van der Waals surface area contributed by atoms with Gasteiger partial charge < -0.3 is 10.1 Å². The van der Waals surface area contributed by atoms with Crippen molar-refractivity contribution in [3.05, 3.63) is 28.2 Å². The normalized spacial score (nSPS) is 17.1. The molecule has 1 aliphatic heterocycles. The van der Waals surface area contributed by atoms with Crippen LogP contribution in [-0.2, 0) is 4.79 Å². The molecule has 1 fully saturated rings. The summed E-state index contributed by atoms with van der Waals surface area (Å²) < 4.78 is 6.07. The number of carbonyl (C=O) groups is 2. The van der Waals surface area contributed by atoms with E-state index in [0.29, 0.717) is 13.1 Å². The lowest BCUT2D eigenvalue weighted by Crippen LogP contribution is -2.46. The Morgan fingerprint density at radius 2 is 2.18 bits per heavy atom. The lowest BCUT2D eigenvalue weighted by atomic mass is 10.1. The van der Waals surface area contributed by atoms with Gasteiger partial charge in [0.25, 0.3) is 0 Å². The molecule has 6 nitrogen and oxygen atoms in total. The van der Waals surface area contributed by atoms with Crippen molar-refractivity contribution in [1.82, 2.24) is 15.5 Å². The van der Waals surface area contributed by atoms with Crippen LogP contribution in [0.5, 0.6) is 5.75 Å². The summed E-state index contributed by atoms with van der Waals surface area (Å²) in [6.45, 7) is 4.68. The van der Waals surface area contributed by atoms with Crippen molar-refractivity contribution in [2.45, 2.75) is 25.9 Å². The summed E-state index contributed by atoms with van der Waals surface area (Å²) in [4.78, 5) is 25.0. The van der Waals surface area contributed by atoms with Crippen molar-refractivity contribution in [3.63, 3.8) is 0 Å². The first-order valence-electron chi connectivity index (χ1n) is 7.12. The van der Waals surface area contributed by atoms with Crippen molar-refractivity contribution < 1.29 is 14.3 Å². The first-order chi connectivity index (χ1) is 10.4. The predicted molar refractivity (Wildman–Crippen MR) is 86.8 cm³/mol. The number of halogens is 1. The van der Waals surface area contributed by atoms with Gasteiger partial charge in [0.2, 0.25) is 5.91 Å². The minimum Gasteiger partial charge on any atom is -0.496 e. The maximum atomic E-state index is 12.3. The second-order valence-corrected chi connectivity index (χ2v) is 6.08. The van der Waals surface area contributed by atoms with E-state index in [1.165, 1.54) is 4.90 Å². The van der Waals surface area contributed by atoms with Crippen LogP contribution in [0.1, 0.15) is 25.5 Å². The van der Waals surface area contributed by atoms with Crippen LogP contribution < -0.4 is 15.4 Å². The van der Waals surface area contributed by atoms with Crippen LogP contribution >= 0.6 is 15.9 Å². The van der Waals surface area contributed by atoms with Gasteiger partial charge in [-0.15, -0.1) is 0 Å². The van der Waals surface area contributed by atoms with E-state index in [2.05, 4.69) is 26.6 Å². The molecule has 1 aromatic rings. The van der Waals surface area contributed by atoms with E-state index < -0.39 is 6.04 Å². The Labute approximate surface area is 138 Å². The molecule has 2 N–H and O–H groups in total. The van der Waals surface area contributed by atoms with Crippen LogP contribution in [0.4, 0.5) is 4.79 Å². The topological polar surface area (TPSA) is 70.7 Å². The number of urea groups is 1. The Bertz CT molecular complexity index is 579. The SMILES string of the molecule is COc1ccc([C@@H](C)N[C@@H](C)C(=O)N2CCNC2=O)cc1Br. The maximum absolute atomic E-state index is 12.3. The Morgan fingerprint density at radius 3 is 2.73 bits per heavy atom. The smallest absolute Gasteiger partial charge is 0.324 e. The van der Waals surface area contributed by atoms with Gasteiger partial charge in [0, 0.05) is 19.1 Å². The van der Waals surface area contributed by atoms with E-state index in [9.17, 15) is 9.59 Å².